The number of hydrogen-bond acceptors (Lipinski definition) is 5. The molecule has 2 saturated heterocycles. The van der Waals surface area contributed by atoms with Crippen LogP contribution in [0.4, 0.5) is 0 Å². The van der Waals surface area contributed by atoms with E-state index in [0.717, 1.165) is 60.8 Å². The molecule has 6 nitrogen and oxygen atoms in total. The number of sulfonamides is 1. The zero-order chi connectivity index (χ0) is 23.7. The molecule has 3 heterocycles. The molecule has 0 amide bonds. The second-order valence-corrected chi connectivity index (χ2v) is 12.5. The molecule has 1 aromatic heterocycles. The largest absolute Gasteiger partial charge is 0.376 e. The molecule has 0 N–H and O–H groups in total. The van der Waals surface area contributed by atoms with E-state index in [4.69, 9.17) is 9.72 Å². The highest BCUT2D eigenvalue weighted by Gasteiger charge is 2.29. The Morgan fingerprint density at radius 2 is 2.00 bits per heavy atom. The summed E-state index contributed by atoms with van der Waals surface area (Å²) in [7, 11) is -3.52. The van der Waals surface area contributed by atoms with E-state index in [0.29, 0.717) is 23.9 Å². The lowest BCUT2D eigenvalue weighted by Crippen LogP contribution is -2.39. The fraction of sp³-hybridized carbons (Fsp3) is 0.500. The van der Waals surface area contributed by atoms with Crippen LogP contribution in [0.25, 0.3) is 11.0 Å². The van der Waals surface area contributed by atoms with Gasteiger partial charge in [-0.15, -0.1) is 0 Å². The maximum Gasteiger partial charge on any atom is 0.243 e. The van der Waals surface area contributed by atoms with Gasteiger partial charge in [0.05, 0.1) is 28.6 Å². The maximum atomic E-state index is 13.4. The SMILES string of the molecule is Cc1ccccc1CSc1nc2cc(S(=O)(=O)N3CCC[C@H](C)C3)ccc2n1C[C@H]1CCCO1. The molecule has 34 heavy (non-hydrogen) atoms. The monoisotopic (exact) mass is 499 g/mol. The van der Waals surface area contributed by atoms with Crippen LogP contribution < -0.4 is 0 Å². The second kappa shape index (κ2) is 10.0. The Kier molecular flexibility index (Phi) is 7.02. The van der Waals surface area contributed by atoms with Gasteiger partial charge in [-0.3, -0.25) is 0 Å². The maximum absolute atomic E-state index is 13.4. The summed E-state index contributed by atoms with van der Waals surface area (Å²) >= 11 is 1.70. The first-order valence-electron chi connectivity index (χ1n) is 12.2. The van der Waals surface area contributed by atoms with Gasteiger partial charge < -0.3 is 9.30 Å². The van der Waals surface area contributed by atoms with Gasteiger partial charge in [-0.1, -0.05) is 43.0 Å². The van der Waals surface area contributed by atoms with Gasteiger partial charge in [0.1, 0.15) is 0 Å². The van der Waals surface area contributed by atoms with Gasteiger partial charge in [-0.2, -0.15) is 4.31 Å². The summed E-state index contributed by atoms with van der Waals surface area (Å²) in [6.07, 6.45) is 4.30. The molecule has 0 unspecified atom stereocenters. The molecule has 0 saturated carbocycles. The van der Waals surface area contributed by atoms with Crippen molar-refractivity contribution in [2.45, 2.75) is 68.0 Å². The molecule has 2 atom stereocenters. The number of hydrogen-bond donors (Lipinski definition) is 0. The number of benzene rings is 2. The molecular formula is C26H33N3O3S2. The average molecular weight is 500 g/mol. The van der Waals surface area contributed by atoms with Crippen molar-refractivity contribution in [1.82, 2.24) is 13.9 Å². The van der Waals surface area contributed by atoms with E-state index >= 15 is 0 Å². The summed E-state index contributed by atoms with van der Waals surface area (Å²) in [6.45, 7) is 6.97. The van der Waals surface area contributed by atoms with Crippen LogP contribution in [-0.4, -0.2) is 48.1 Å². The van der Waals surface area contributed by atoms with Crippen molar-refractivity contribution in [3.8, 4) is 0 Å². The van der Waals surface area contributed by atoms with Crippen LogP contribution in [0.3, 0.4) is 0 Å². The summed E-state index contributed by atoms with van der Waals surface area (Å²) < 4.78 is 36.5. The summed E-state index contributed by atoms with van der Waals surface area (Å²) in [5.74, 6) is 1.21. The molecule has 2 fully saturated rings. The molecule has 0 aliphatic carbocycles. The molecular weight excluding hydrogens is 466 g/mol. The van der Waals surface area contributed by atoms with Crippen molar-refractivity contribution in [3.63, 3.8) is 0 Å². The summed E-state index contributed by atoms with van der Waals surface area (Å²) in [5, 5.41) is 0.912. The van der Waals surface area contributed by atoms with Crippen LogP contribution in [-0.2, 0) is 27.1 Å². The third-order valence-corrected chi connectivity index (χ3v) is 9.86. The zero-order valence-corrected chi connectivity index (χ0v) is 21.6. The van der Waals surface area contributed by atoms with E-state index < -0.39 is 10.0 Å². The minimum atomic E-state index is -3.52. The van der Waals surface area contributed by atoms with Crippen molar-refractivity contribution in [3.05, 3.63) is 53.6 Å². The van der Waals surface area contributed by atoms with Crippen molar-refractivity contribution < 1.29 is 13.2 Å². The molecule has 8 heteroatoms. The van der Waals surface area contributed by atoms with Gasteiger partial charge in [-0.05, 0) is 67.9 Å². The fourth-order valence-electron chi connectivity index (χ4n) is 4.95. The Morgan fingerprint density at radius 3 is 2.76 bits per heavy atom. The minimum Gasteiger partial charge on any atom is -0.376 e. The molecule has 3 aromatic rings. The van der Waals surface area contributed by atoms with Crippen molar-refractivity contribution in [2.75, 3.05) is 19.7 Å². The Hall–Kier alpha value is -1.87. The standard InChI is InChI=1S/C26H33N3O3S2/c1-19-7-5-13-28(16-19)34(30,31)23-11-12-25-24(15-23)27-26(29(25)17-22-10-6-14-32-22)33-18-21-9-4-3-8-20(21)2/h3-4,8-9,11-12,15,19,22H,5-7,10,13-14,16-18H2,1-2H3/t19-,22+/m0/s1. The van der Waals surface area contributed by atoms with E-state index in [9.17, 15) is 8.42 Å². The van der Waals surface area contributed by atoms with E-state index in [1.807, 2.05) is 6.07 Å². The second-order valence-electron chi connectivity index (χ2n) is 9.62. The van der Waals surface area contributed by atoms with Crippen molar-refractivity contribution in [2.24, 2.45) is 5.92 Å². The van der Waals surface area contributed by atoms with Gasteiger partial charge in [0.25, 0.3) is 0 Å². The van der Waals surface area contributed by atoms with E-state index in [2.05, 4.69) is 42.7 Å². The molecule has 0 bridgehead atoms. The van der Waals surface area contributed by atoms with Crippen LogP contribution in [0.15, 0.2) is 52.5 Å². The first kappa shape index (κ1) is 23.9. The Morgan fingerprint density at radius 1 is 1.15 bits per heavy atom. The summed E-state index contributed by atoms with van der Waals surface area (Å²) in [5.41, 5.74) is 4.25. The number of fused-ring (bicyclic) bond motifs is 1. The minimum absolute atomic E-state index is 0.174. The quantitative estimate of drug-likeness (QED) is 0.416. The highest BCUT2D eigenvalue weighted by molar-refractivity contribution is 7.98. The van der Waals surface area contributed by atoms with E-state index in [1.165, 1.54) is 11.1 Å². The number of rotatable bonds is 7. The first-order valence-corrected chi connectivity index (χ1v) is 14.6. The topological polar surface area (TPSA) is 64.4 Å². The lowest BCUT2D eigenvalue weighted by Gasteiger charge is -2.30. The Balaban J connectivity index is 1.48. The highest BCUT2D eigenvalue weighted by atomic mass is 32.2. The van der Waals surface area contributed by atoms with Crippen LogP contribution >= 0.6 is 11.8 Å². The van der Waals surface area contributed by atoms with Crippen LogP contribution in [0, 0.1) is 12.8 Å². The first-order chi connectivity index (χ1) is 16.4. The van der Waals surface area contributed by atoms with E-state index in [-0.39, 0.29) is 6.10 Å². The molecule has 2 aliphatic heterocycles. The van der Waals surface area contributed by atoms with Gasteiger partial charge in [0.2, 0.25) is 10.0 Å². The predicted octanol–water partition coefficient (Wildman–Crippen LogP) is 5.24. The molecule has 2 aromatic carbocycles. The predicted molar refractivity (Wildman–Crippen MR) is 137 cm³/mol. The number of thioether (sulfide) groups is 1. The zero-order valence-electron chi connectivity index (χ0n) is 19.9. The van der Waals surface area contributed by atoms with Gasteiger partial charge in [0.15, 0.2) is 5.16 Å². The van der Waals surface area contributed by atoms with E-state index in [1.54, 1.807) is 28.2 Å². The van der Waals surface area contributed by atoms with Crippen LogP contribution in [0.1, 0.15) is 43.7 Å². The number of imidazole rings is 1. The lowest BCUT2D eigenvalue weighted by molar-refractivity contribution is 0.0960. The third kappa shape index (κ3) is 4.91. The number of aromatic nitrogens is 2. The molecule has 2 aliphatic rings. The van der Waals surface area contributed by atoms with Gasteiger partial charge >= 0.3 is 0 Å². The smallest absolute Gasteiger partial charge is 0.243 e. The van der Waals surface area contributed by atoms with Crippen molar-refractivity contribution >= 4 is 32.8 Å². The Labute approximate surface area is 206 Å². The normalized spacial score (nSPS) is 21.9. The van der Waals surface area contributed by atoms with Crippen molar-refractivity contribution in [1.29, 1.82) is 0 Å². The van der Waals surface area contributed by atoms with Crippen LogP contribution in [0.2, 0.25) is 0 Å². The highest BCUT2D eigenvalue weighted by Crippen LogP contribution is 2.32. The molecule has 182 valence electrons. The molecule has 0 spiro atoms. The summed E-state index contributed by atoms with van der Waals surface area (Å²) in [6, 6.07) is 13.8. The Bertz CT molecular complexity index is 1270. The molecule has 0 radical (unpaired) electrons. The number of piperidine rings is 1. The number of nitrogens with zero attached hydrogens (tertiary/aromatic N) is 3. The van der Waals surface area contributed by atoms with Crippen LogP contribution in [0.5, 0.6) is 0 Å². The van der Waals surface area contributed by atoms with Gasteiger partial charge in [-0.25, -0.2) is 13.4 Å². The number of ether oxygens (including phenoxy) is 1. The lowest BCUT2D eigenvalue weighted by atomic mass is 10.0. The number of aryl methyl sites for hydroxylation is 1. The summed E-state index contributed by atoms with van der Waals surface area (Å²) in [4.78, 5) is 5.26. The fourth-order valence-corrected chi connectivity index (χ4v) is 7.67. The third-order valence-electron chi connectivity index (χ3n) is 6.97. The van der Waals surface area contributed by atoms with Gasteiger partial charge in [0, 0.05) is 25.4 Å². The average Bonchev–Trinajstić information content (AvgIpc) is 3.46. The molecule has 5 rings (SSSR count).